The first-order chi connectivity index (χ1) is 9.04. The molecule has 0 aliphatic heterocycles. The maximum Gasteiger partial charge on any atom is 0.262 e. The van der Waals surface area contributed by atoms with E-state index in [-0.39, 0.29) is 32.3 Å². The molecule has 112 valence electrons. The normalized spacial score (nSPS) is 11.8. The molecule has 8 heteroatoms. The first kappa shape index (κ1) is 17.6. The van der Waals surface area contributed by atoms with Gasteiger partial charge in [0.15, 0.2) is 0 Å². The number of carbonyl (C=O) groups excluding carboxylic acids is 1. The number of hydrogen-bond donors (Lipinski definition) is 0. The molecule has 0 bridgehead atoms. The van der Waals surface area contributed by atoms with Crippen LogP contribution in [0.3, 0.4) is 0 Å². The number of hydrogen-bond acceptors (Lipinski definition) is 3. The molecule has 0 N–H and O–H groups in total. The molecule has 0 heterocycles. The Kier molecular flexibility index (Phi) is 5.72. The molecule has 0 saturated heterocycles. The van der Waals surface area contributed by atoms with Crippen molar-refractivity contribution in [2.24, 2.45) is 5.92 Å². The van der Waals surface area contributed by atoms with Crippen LogP contribution in [-0.4, -0.2) is 32.8 Å². The summed E-state index contributed by atoms with van der Waals surface area (Å²) in [6.45, 7) is 4.46. The average molecular weight is 359 g/mol. The van der Waals surface area contributed by atoms with E-state index in [2.05, 4.69) is 0 Å². The fourth-order valence-corrected chi connectivity index (χ4v) is 3.48. The highest BCUT2D eigenvalue weighted by Gasteiger charge is 2.22. The second kappa shape index (κ2) is 6.52. The van der Waals surface area contributed by atoms with Crippen LogP contribution in [0.25, 0.3) is 0 Å². The third kappa shape index (κ3) is 4.25. The number of nitrogens with zero attached hydrogens (tertiary/aromatic N) is 1. The smallest absolute Gasteiger partial charge is 0.262 e. The molecule has 0 aromatic heterocycles. The van der Waals surface area contributed by atoms with E-state index in [0.717, 1.165) is 6.07 Å². The van der Waals surface area contributed by atoms with E-state index in [1.807, 2.05) is 13.8 Å². The highest BCUT2D eigenvalue weighted by molar-refractivity contribution is 8.13. The van der Waals surface area contributed by atoms with Crippen LogP contribution in [-0.2, 0) is 9.05 Å². The summed E-state index contributed by atoms with van der Waals surface area (Å²) in [5.41, 5.74) is 0.127. The van der Waals surface area contributed by atoms with Gasteiger partial charge >= 0.3 is 0 Å². The average Bonchev–Trinajstić information content (AvgIpc) is 2.29. The summed E-state index contributed by atoms with van der Waals surface area (Å²) in [5, 5.41) is -0.223. The lowest BCUT2D eigenvalue weighted by Gasteiger charge is -2.20. The van der Waals surface area contributed by atoms with Crippen LogP contribution >= 0.6 is 33.9 Å². The second-order valence-corrected chi connectivity index (χ2v) is 8.11. The van der Waals surface area contributed by atoms with Gasteiger partial charge in [-0.05, 0) is 18.1 Å². The Bertz CT molecular complexity index is 629. The predicted molar refractivity (Wildman–Crippen MR) is 81.3 cm³/mol. The van der Waals surface area contributed by atoms with Crippen molar-refractivity contribution < 1.29 is 13.2 Å². The van der Waals surface area contributed by atoms with Crippen LogP contribution in [0.4, 0.5) is 0 Å². The van der Waals surface area contributed by atoms with Gasteiger partial charge < -0.3 is 4.90 Å². The minimum atomic E-state index is -4.08. The van der Waals surface area contributed by atoms with Crippen molar-refractivity contribution in [3.05, 3.63) is 27.7 Å². The first-order valence-electron chi connectivity index (χ1n) is 5.73. The summed E-state index contributed by atoms with van der Waals surface area (Å²) in [7, 11) is 2.83. The molecule has 0 aliphatic carbocycles. The Balaban J connectivity index is 3.28. The van der Waals surface area contributed by atoms with Crippen molar-refractivity contribution in [3.8, 4) is 0 Å². The molecule has 0 fully saturated rings. The predicted octanol–water partition coefficient (Wildman–Crippen LogP) is 3.65. The lowest BCUT2D eigenvalue weighted by atomic mass is 10.1. The first-order valence-corrected chi connectivity index (χ1v) is 8.79. The summed E-state index contributed by atoms with van der Waals surface area (Å²) < 4.78 is 22.9. The molecule has 0 unspecified atom stereocenters. The quantitative estimate of drug-likeness (QED) is 0.772. The van der Waals surface area contributed by atoms with E-state index in [9.17, 15) is 13.2 Å². The summed E-state index contributed by atoms with van der Waals surface area (Å²) in [4.78, 5) is 13.3. The van der Waals surface area contributed by atoms with Crippen LogP contribution in [0, 0.1) is 5.92 Å². The van der Waals surface area contributed by atoms with Crippen LogP contribution in [0.5, 0.6) is 0 Å². The second-order valence-electron chi connectivity index (χ2n) is 4.79. The number of halogens is 3. The summed E-state index contributed by atoms with van der Waals surface area (Å²) >= 11 is 11.7. The van der Waals surface area contributed by atoms with Gasteiger partial charge in [-0.15, -0.1) is 0 Å². The van der Waals surface area contributed by atoms with Gasteiger partial charge in [0.25, 0.3) is 15.0 Å². The monoisotopic (exact) mass is 357 g/mol. The highest BCUT2D eigenvalue weighted by atomic mass is 35.7. The van der Waals surface area contributed by atoms with Crippen molar-refractivity contribution in [1.82, 2.24) is 4.90 Å². The third-order valence-corrected chi connectivity index (χ3v) is 4.75. The topological polar surface area (TPSA) is 54.5 Å². The van der Waals surface area contributed by atoms with E-state index in [1.54, 1.807) is 7.05 Å². The summed E-state index contributed by atoms with van der Waals surface area (Å²) in [6, 6.07) is 2.46. The van der Waals surface area contributed by atoms with Gasteiger partial charge in [0.2, 0.25) is 0 Å². The summed E-state index contributed by atoms with van der Waals surface area (Å²) in [5.74, 6) is -0.0678. The zero-order valence-electron chi connectivity index (χ0n) is 11.2. The minimum absolute atomic E-state index is 0.0327. The van der Waals surface area contributed by atoms with E-state index < -0.39 is 9.05 Å². The number of rotatable bonds is 4. The molecule has 1 amide bonds. The Labute approximate surface area is 133 Å². The Hall–Kier alpha value is -0.490. The van der Waals surface area contributed by atoms with Crippen LogP contribution in [0.1, 0.15) is 24.2 Å². The molecule has 0 aliphatic rings. The number of benzene rings is 1. The third-order valence-electron chi connectivity index (χ3n) is 2.49. The Morgan fingerprint density at radius 3 is 2.30 bits per heavy atom. The SMILES string of the molecule is CC(C)CN(C)C(=O)c1cc(Cl)c(Cl)c(S(=O)(=O)Cl)c1. The fraction of sp³-hybridized carbons (Fsp3) is 0.417. The number of carbonyl (C=O) groups is 1. The lowest BCUT2D eigenvalue weighted by molar-refractivity contribution is 0.0779. The lowest BCUT2D eigenvalue weighted by Crippen LogP contribution is -2.30. The van der Waals surface area contributed by atoms with Crippen molar-refractivity contribution in [3.63, 3.8) is 0 Å². The van der Waals surface area contributed by atoms with E-state index in [1.165, 1.54) is 11.0 Å². The zero-order valence-corrected chi connectivity index (χ0v) is 14.2. The Morgan fingerprint density at radius 1 is 1.30 bits per heavy atom. The highest BCUT2D eigenvalue weighted by Crippen LogP contribution is 2.33. The molecule has 20 heavy (non-hydrogen) atoms. The fourth-order valence-electron chi connectivity index (χ4n) is 1.72. The molecule has 0 atom stereocenters. The maximum absolute atomic E-state index is 12.2. The largest absolute Gasteiger partial charge is 0.341 e. The molecule has 1 aromatic carbocycles. The van der Waals surface area contributed by atoms with E-state index in [0.29, 0.717) is 6.54 Å². The van der Waals surface area contributed by atoms with Gasteiger partial charge in [0.1, 0.15) is 4.90 Å². The van der Waals surface area contributed by atoms with Crippen LogP contribution in [0.2, 0.25) is 10.0 Å². The molecular formula is C12H14Cl3NO3S. The van der Waals surface area contributed by atoms with Gasteiger partial charge in [-0.2, -0.15) is 0 Å². The standard InChI is InChI=1S/C12H14Cl3NO3S/c1-7(2)6-16(3)12(17)8-4-9(13)11(14)10(5-8)20(15,18)19/h4-5,7H,6H2,1-3H3. The van der Waals surface area contributed by atoms with Crippen LogP contribution in [0.15, 0.2) is 17.0 Å². The summed E-state index contributed by atoms with van der Waals surface area (Å²) in [6.07, 6.45) is 0. The molecule has 4 nitrogen and oxygen atoms in total. The van der Waals surface area contributed by atoms with Crippen molar-refractivity contribution in [2.45, 2.75) is 18.7 Å². The van der Waals surface area contributed by atoms with Crippen LogP contribution < -0.4 is 0 Å². The van der Waals surface area contributed by atoms with Gasteiger partial charge in [-0.25, -0.2) is 8.42 Å². The van der Waals surface area contributed by atoms with Gasteiger partial charge in [-0.1, -0.05) is 37.0 Å². The van der Waals surface area contributed by atoms with Gasteiger partial charge in [-0.3, -0.25) is 4.79 Å². The zero-order chi connectivity index (χ0) is 15.7. The molecule has 0 saturated carbocycles. The molecule has 1 aromatic rings. The van der Waals surface area contributed by atoms with Crippen molar-refractivity contribution in [1.29, 1.82) is 0 Å². The molecule has 1 rings (SSSR count). The molecule has 0 spiro atoms. The van der Waals surface area contributed by atoms with Gasteiger partial charge in [0, 0.05) is 29.8 Å². The van der Waals surface area contributed by atoms with Crippen molar-refractivity contribution in [2.75, 3.05) is 13.6 Å². The minimum Gasteiger partial charge on any atom is -0.341 e. The van der Waals surface area contributed by atoms with E-state index in [4.69, 9.17) is 33.9 Å². The maximum atomic E-state index is 12.2. The van der Waals surface area contributed by atoms with Crippen molar-refractivity contribution >= 4 is 48.8 Å². The molecule has 0 radical (unpaired) electrons. The number of amides is 1. The van der Waals surface area contributed by atoms with Gasteiger partial charge in [0.05, 0.1) is 10.0 Å². The van der Waals surface area contributed by atoms with E-state index >= 15 is 0 Å². The Morgan fingerprint density at radius 2 is 1.85 bits per heavy atom. The molecular weight excluding hydrogens is 345 g/mol.